The first-order valence-electron chi connectivity index (χ1n) is 4.91. The topological polar surface area (TPSA) is 9.23 Å². The van der Waals surface area contributed by atoms with Crippen LogP contribution in [0.1, 0.15) is 20.8 Å². The molecule has 0 bridgehead atoms. The van der Waals surface area contributed by atoms with E-state index < -0.39 is 0 Å². The molecular weight excluding hydrogens is 160 g/mol. The number of hydrogen-bond donors (Lipinski definition) is 0. The summed E-state index contributed by atoms with van der Waals surface area (Å²) in [4.78, 5) is 0. The molecule has 0 fully saturated rings. The van der Waals surface area contributed by atoms with Gasteiger partial charge in [0.2, 0.25) is 0 Å². The molecular formula is C12H16O. The second kappa shape index (κ2) is 3.06. The smallest absolute Gasteiger partial charge is 0.122 e. The van der Waals surface area contributed by atoms with Gasteiger partial charge in [-0.15, -0.1) is 0 Å². The molecule has 0 aromatic rings. The highest BCUT2D eigenvalue weighted by Crippen LogP contribution is 2.33. The summed E-state index contributed by atoms with van der Waals surface area (Å²) < 4.78 is 5.64. The van der Waals surface area contributed by atoms with Crippen LogP contribution in [0.2, 0.25) is 0 Å². The minimum atomic E-state index is 0.593. The summed E-state index contributed by atoms with van der Waals surface area (Å²) in [7, 11) is 0. The van der Waals surface area contributed by atoms with Crippen LogP contribution in [0.5, 0.6) is 0 Å². The van der Waals surface area contributed by atoms with Crippen LogP contribution in [0.25, 0.3) is 0 Å². The Morgan fingerprint density at radius 3 is 2.92 bits per heavy atom. The lowest BCUT2D eigenvalue weighted by atomic mass is 9.82. The molecule has 0 aromatic carbocycles. The van der Waals surface area contributed by atoms with Gasteiger partial charge in [0.25, 0.3) is 0 Å². The fraction of sp³-hybridized carbons (Fsp3) is 0.500. The fourth-order valence-corrected chi connectivity index (χ4v) is 1.84. The van der Waals surface area contributed by atoms with Crippen LogP contribution < -0.4 is 0 Å². The molecule has 0 saturated heterocycles. The SMILES string of the molecule is CC1=CC2=C(C=CC(C)C2C)OC1. The second-order valence-corrected chi connectivity index (χ2v) is 4.11. The summed E-state index contributed by atoms with van der Waals surface area (Å²) in [5.74, 6) is 2.30. The van der Waals surface area contributed by atoms with Crippen molar-refractivity contribution in [2.24, 2.45) is 11.8 Å². The molecule has 70 valence electrons. The average molecular weight is 176 g/mol. The van der Waals surface area contributed by atoms with Crippen molar-refractivity contribution in [1.29, 1.82) is 0 Å². The molecule has 1 aliphatic heterocycles. The molecule has 0 radical (unpaired) electrons. The lowest BCUT2D eigenvalue weighted by molar-refractivity contribution is 0.234. The first-order valence-corrected chi connectivity index (χ1v) is 4.91. The molecule has 2 rings (SSSR count). The first kappa shape index (κ1) is 8.61. The van der Waals surface area contributed by atoms with Crippen LogP contribution in [-0.2, 0) is 4.74 Å². The first-order chi connectivity index (χ1) is 6.18. The highest BCUT2D eigenvalue weighted by Gasteiger charge is 2.23. The maximum atomic E-state index is 5.64. The minimum Gasteiger partial charge on any atom is -0.489 e. The Kier molecular flexibility index (Phi) is 2.03. The summed E-state index contributed by atoms with van der Waals surface area (Å²) in [5, 5.41) is 0. The van der Waals surface area contributed by atoms with Gasteiger partial charge in [-0.25, -0.2) is 0 Å². The van der Waals surface area contributed by atoms with Crippen molar-refractivity contribution in [2.75, 3.05) is 6.61 Å². The van der Waals surface area contributed by atoms with E-state index in [9.17, 15) is 0 Å². The molecule has 0 N–H and O–H groups in total. The van der Waals surface area contributed by atoms with Crippen molar-refractivity contribution >= 4 is 0 Å². The Morgan fingerprint density at radius 1 is 1.38 bits per heavy atom. The van der Waals surface area contributed by atoms with Gasteiger partial charge < -0.3 is 4.74 Å². The van der Waals surface area contributed by atoms with Crippen LogP contribution in [0.15, 0.2) is 35.1 Å². The molecule has 13 heavy (non-hydrogen) atoms. The van der Waals surface area contributed by atoms with Gasteiger partial charge in [0.05, 0.1) is 0 Å². The van der Waals surface area contributed by atoms with Crippen molar-refractivity contribution in [3.8, 4) is 0 Å². The van der Waals surface area contributed by atoms with Crippen molar-refractivity contribution in [3.05, 3.63) is 35.1 Å². The van der Waals surface area contributed by atoms with Gasteiger partial charge in [0.1, 0.15) is 12.4 Å². The summed E-state index contributed by atoms with van der Waals surface area (Å²) in [6, 6.07) is 0. The minimum absolute atomic E-state index is 0.593. The zero-order valence-electron chi connectivity index (χ0n) is 8.50. The monoisotopic (exact) mass is 176 g/mol. The Hall–Kier alpha value is -0.980. The fourth-order valence-electron chi connectivity index (χ4n) is 1.84. The van der Waals surface area contributed by atoms with Crippen LogP contribution in [-0.4, -0.2) is 6.61 Å². The Morgan fingerprint density at radius 2 is 2.15 bits per heavy atom. The molecule has 0 amide bonds. The largest absolute Gasteiger partial charge is 0.489 e. The second-order valence-electron chi connectivity index (χ2n) is 4.11. The molecule has 1 heteroatoms. The van der Waals surface area contributed by atoms with Crippen molar-refractivity contribution < 1.29 is 4.74 Å². The quantitative estimate of drug-likeness (QED) is 0.551. The molecule has 1 heterocycles. The number of hydrogen-bond acceptors (Lipinski definition) is 1. The summed E-state index contributed by atoms with van der Waals surface area (Å²) in [6.45, 7) is 7.40. The van der Waals surface area contributed by atoms with Gasteiger partial charge in [-0.2, -0.15) is 0 Å². The highest BCUT2D eigenvalue weighted by atomic mass is 16.5. The molecule has 2 unspecified atom stereocenters. The van der Waals surface area contributed by atoms with Crippen LogP contribution in [0.3, 0.4) is 0 Å². The van der Waals surface area contributed by atoms with Crippen LogP contribution in [0.4, 0.5) is 0 Å². The predicted molar refractivity (Wildman–Crippen MR) is 54.2 cm³/mol. The van der Waals surface area contributed by atoms with Gasteiger partial charge in [-0.1, -0.05) is 26.0 Å². The third-order valence-electron chi connectivity index (χ3n) is 2.97. The lowest BCUT2D eigenvalue weighted by Crippen LogP contribution is -2.17. The van der Waals surface area contributed by atoms with E-state index in [4.69, 9.17) is 4.74 Å². The molecule has 2 aliphatic rings. The molecule has 0 saturated carbocycles. The number of allylic oxidation sites excluding steroid dienone is 4. The normalized spacial score (nSPS) is 32.4. The van der Waals surface area contributed by atoms with Gasteiger partial charge in [0, 0.05) is 0 Å². The maximum Gasteiger partial charge on any atom is 0.122 e. The van der Waals surface area contributed by atoms with Gasteiger partial charge >= 0.3 is 0 Å². The van der Waals surface area contributed by atoms with E-state index >= 15 is 0 Å². The van der Waals surface area contributed by atoms with E-state index in [0.717, 1.165) is 12.4 Å². The van der Waals surface area contributed by atoms with E-state index in [0.29, 0.717) is 11.8 Å². The Labute approximate surface area is 79.8 Å². The van der Waals surface area contributed by atoms with E-state index in [1.807, 2.05) is 0 Å². The maximum absolute atomic E-state index is 5.64. The molecule has 2 atom stereocenters. The third kappa shape index (κ3) is 1.43. The van der Waals surface area contributed by atoms with Gasteiger partial charge in [-0.3, -0.25) is 0 Å². The molecule has 0 aromatic heterocycles. The standard InChI is InChI=1S/C12H16O/c1-8-6-11-10(3)9(2)4-5-12(11)13-7-8/h4-6,9-10H,7H2,1-3H3. The predicted octanol–water partition coefficient (Wildman–Crippen LogP) is 3.06. The Bertz CT molecular complexity index is 307. The number of ether oxygens (including phenoxy) is 1. The van der Waals surface area contributed by atoms with Gasteiger partial charge in [0.15, 0.2) is 0 Å². The Balaban J connectivity index is 2.37. The van der Waals surface area contributed by atoms with Gasteiger partial charge in [-0.05, 0) is 36.0 Å². The van der Waals surface area contributed by atoms with Crippen molar-refractivity contribution in [1.82, 2.24) is 0 Å². The number of rotatable bonds is 0. The highest BCUT2D eigenvalue weighted by molar-refractivity contribution is 5.39. The van der Waals surface area contributed by atoms with E-state index in [1.165, 1.54) is 11.1 Å². The van der Waals surface area contributed by atoms with Crippen LogP contribution >= 0.6 is 0 Å². The molecule has 1 nitrogen and oxygen atoms in total. The zero-order chi connectivity index (χ0) is 9.42. The summed E-state index contributed by atoms with van der Waals surface area (Å²) >= 11 is 0. The van der Waals surface area contributed by atoms with Crippen molar-refractivity contribution in [2.45, 2.75) is 20.8 Å². The van der Waals surface area contributed by atoms with Crippen molar-refractivity contribution in [3.63, 3.8) is 0 Å². The molecule has 0 spiro atoms. The van der Waals surface area contributed by atoms with Crippen LogP contribution in [0, 0.1) is 11.8 Å². The molecule has 1 aliphatic carbocycles. The third-order valence-corrected chi connectivity index (χ3v) is 2.97. The zero-order valence-corrected chi connectivity index (χ0v) is 8.50. The van der Waals surface area contributed by atoms with E-state index in [2.05, 4.69) is 39.0 Å². The summed E-state index contributed by atoms with van der Waals surface area (Å²) in [6.07, 6.45) is 6.63. The van der Waals surface area contributed by atoms with E-state index in [-0.39, 0.29) is 0 Å². The average Bonchev–Trinajstić information content (AvgIpc) is 2.12. The van der Waals surface area contributed by atoms with E-state index in [1.54, 1.807) is 0 Å². The lowest BCUT2D eigenvalue weighted by Gasteiger charge is -2.28. The summed E-state index contributed by atoms with van der Waals surface area (Å²) in [5.41, 5.74) is 2.70.